The van der Waals surface area contributed by atoms with E-state index in [-0.39, 0.29) is 31.2 Å². The van der Waals surface area contributed by atoms with Gasteiger partial charge in [-0.25, -0.2) is 18.9 Å². The number of amides is 1. The Hall–Kier alpha value is -5.68. The second kappa shape index (κ2) is 18.6. The minimum absolute atomic E-state index is 0.0289. The number of aromatic nitrogens is 2. The number of esters is 1. The second-order valence-corrected chi connectivity index (χ2v) is 13.5. The molecule has 55 heavy (non-hydrogen) atoms. The lowest BCUT2D eigenvalue weighted by atomic mass is 10.1. The molecule has 2 N–H and O–H groups in total. The number of carbonyl (C=O) groups is 3. The molecular formula is C36H37F2N4O12P. The molecule has 1 aliphatic rings. The van der Waals surface area contributed by atoms with Gasteiger partial charge in [0.05, 0.1) is 13.7 Å². The largest absolute Gasteiger partial charge is 0.509 e. The number of anilines is 1. The summed E-state index contributed by atoms with van der Waals surface area (Å²) < 4.78 is 83.9. The number of ether oxygens (including phenoxy) is 5. The molecule has 0 bridgehead atoms. The van der Waals surface area contributed by atoms with Gasteiger partial charge in [-0.05, 0) is 35.7 Å². The SMILES string of the molecule is CC[C@H](N[P@](=O)(OC[C@H]1O[C@@H](n2ccc(NC(=O)OCc3ccccc3)nc2=O)C(F)(F)[C@@H]1OC(=O)OCc1ccccc1)Oc1ccccc1)C(=O)OC. The summed E-state index contributed by atoms with van der Waals surface area (Å²) in [4.78, 5) is 54.2. The molecule has 0 saturated carbocycles. The molecule has 1 fully saturated rings. The molecule has 0 radical (unpaired) electrons. The summed E-state index contributed by atoms with van der Waals surface area (Å²) >= 11 is 0. The first-order valence-electron chi connectivity index (χ1n) is 16.7. The van der Waals surface area contributed by atoms with Gasteiger partial charge in [0.15, 0.2) is 0 Å². The predicted octanol–water partition coefficient (Wildman–Crippen LogP) is 5.99. The van der Waals surface area contributed by atoms with Crippen molar-refractivity contribution in [2.24, 2.45) is 0 Å². The van der Waals surface area contributed by atoms with Crippen molar-refractivity contribution in [2.75, 3.05) is 19.0 Å². The molecule has 1 aromatic heterocycles. The smallest absolute Gasteiger partial charge is 0.468 e. The fourth-order valence-electron chi connectivity index (χ4n) is 5.15. The number of benzene rings is 3. The van der Waals surface area contributed by atoms with Crippen LogP contribution >= 0.6 is 7.75 Å². The normalized spacial score (nSPS) is 18.9. The highest BCUT2D eigenvalue weighted by Crippen LogP contribution is 2.49. The van der Waals surface area contributed by atoms with Crippen molar-refractivity contribution in [1.82, 2.24) is 14.6 Å². The van der Waals surface area contributed by atoms with Crippen molar-refractivity contribution < 1.29 is 60.5 Å². The maximum atomic E-state index is 16.3. The zero-order valence-electron chi connectivity index (χ0n) is 29.4. The van der Waals surface area contributed by atoms with Crippen molar-refractivity contribution in [3.8, 4) is 5.75 Å². The quantitative estimate of drug-likeness (QED) is 0.0764. The van der Waals surface area contributed by atoms with Crippen LogP contribution in [0, 0.1) is 0 Å². The van der Waals surface area contributed by atoms with Gasteiger partial charge in [0, 0.05) is 6.20 Å². The topological polar surface area (TPSA) is 192 Å². The second-order valence-electron chi connectivity index (χ2n) is 11.8. The Bertz CT molecular complexity index is 2010. The Morgan fingerprint density at radius 2 is 1.53 bits per heavy atom. The van der Waals surface area contributed by atoms with Crippen LogP contribution in [0.15, 0.2) is 108 Å². The van der Waals surface area contributed by atoms with Gasteiger partial charge in [-0.1, -0.05) is 85.8 Å². The molecule has 19 heteroatoms. The molecule has 1 saturated heterocycles. The number of carbonyl (C=O) groups excluding carboxylic acids is 3. The average Bonchev–Trinajstić information content (AvgIpc) is 3.43. The number of halogens is 2. The number of alkyl halides is 2. The number of rotatable bonds is 16. The van der Waals surface area contributed by atoms with Crippen LogP contribution < -0.4 is 20.6 Å². The van der Waals surface area contributed by atoms with Crippen LogP contribution in [0.3, 0.4) is 0 Å². The third-order valence-corrected chi connectivity index (χ3v) is 9.45. The molecule has 5 atom stereocenters. The number of hydrogen-bond donors (Lipinski definition) is 2. The van der Waals surface area contributed by atoms with E-state index in [4.69, 9.17) is 32.7 Å². The molecule has 0 aliphatic carbocycles. The van der Waals surface area contributed by atoms with E-state index in [9.17, 15) is 23.7 Å². The molecular weight excluding hydrogens is 749 g/mol. The number of hydrogen-bond acceptors (Lipinski definition) is 13. The van der Waals surface area contributed by atoms with Crippen molar-refractivity contribution in [3.05, 3.63) is 125 Å². The maximum Gasteiger partial charge on any atom is 0.509 e. The van der Waals surface area contributed by atoms with Gasteiger partial charge in [0.1, 0.15) is 36.9 Å². The fourth-order valence-corrected chi connectivity index (χ4v) is 6.74. The first-order chi connectivity index (χ1) is 26.4. The number of nitrogens with one attached hydrogen (secondary N) is 2. The van der Waals surface area contributed by atoms with E-state index in [0.717, 1.165) is 19.4 Å². The molecule has 4 aromatic rings. The predicted molar refractivity (Wildman–Crippen MR) is 189 cm³/mol. The first kappa shape index (κ1) is 40.5. The molecule has 5 rings (SSSR count). The molecule has 2 heterocycles. The summed E-state index contributed by atoms with van der Waals surface area (Å²) in [6.07, 6.45) is -8.43. The zero-order chi connectivity index (χ0) is 39.4. The summed E-state index contributed by atoms with van der Waals surface area (Å²) in [7, 11) is -3.50. The number of methoxy groups -OCH3 is 1. The van der Waals surface area contributed by atoms with Crippen LogP contribution in [-0.2, 0) is 50.8 Å². The Balaban J connectivity index is 1.37. The van der Waals surface area contributed by atoms with Crippen molar-refractivity contribution in [3.63, 3.8) is 0 Å². The highest BCUT2D eigenvalue weighted by Gasteiger charge is 2.63. The molecule has 3 aromatic carbocycles. The summed E-state index contributed by atoms with van der Waals surface area (Å²) in [5.74, 6) is -5.28. The van der Waals surface area contributed by atoms with E-state index in [0.29, 0.717) is 15.7 Å². The molecule has 0 unspecified atom stereocenters. The molecule has 0 spiro atoms. The summed E-state index contributed by atoms with van der Waals surface area (Å²) in [6.45, 7) is 0.167. The molecule has 1 aliphatic heterocycles. The molecule has 16 nitrogen and oxygen atoms in total. The Morgan fingerprint density at radius 3 is 2.11 bits per heavy atom. The Morgan fingerprint density at radius 1 is 0.927 bits per heavy atom. The Kier molecular flexibility index (Phi) is 13.7. The van der Waals surface area contributed by atoms with E-state index < -0.39 is 68.7 Å². The third kappa shape index (κ3) is 10.9. The van der Waals surface area contributed by atoms with E-state index in [1.165, 1.54) is 12.1 Å². The van der Waals surface area contributed by atoms with Crippen molar-refractivity contribution in [2.45, 2.75) is 57.0 Å². The van der Waals surface area contributed by atoms with Crippen molar-refractivity contribution >= 4 is 31.8 Å². The summed E-state index contributed by atoms with van der Waals surface area (Å²) in [5.41, 5.74) is -0.0718. The lowest BCUT2D eigenvalue weighted by Crippen LogP contribution is -2.45. The molecule has 292 valence electrons. The van der Waals surface area contributed by atoms with Crippen LogP contribution in [0.1, 0.15) is 30.7 Å². The fraction of sp³-hybridized carbons (Fsp3) is 0.306. The first-order valence-corrected chi connectivity index (χ1v) is 18.3. The average molecular weight is 787 g/mol. The van der Waals surface area contributed by atoms with E-state index >= 15 is 8.78 Å². The number of nitrogens with zero attached hydrogens (tertiary/aromatic N) is 2. The van der Waals surface area contributed by atoms with Gasteiger partial charge < -0.3 is 28.2 Å². The van der Waals surface area contributed by atoms with Gasteiger partial charge in [-0.15, -0.1) is 0 Å². The summed E-state index contributed by atoms with van der Waals surface area (Å²) in [6, 6.07) is 24.5. The third-order valence-electron chi connectivity index (χ3n) is 7.88. The monoisotopic (exact) mass is 786 g/mol. The molecule has 1 amide bonds. The highest BCUT2D eigenvalue weighted by molar-refractivity contribution is 7.52. The minimum Gasteiger partial charge on any atom is -0.468 e. The summed E-state index contributed by atoms with van der Waals surface area (Å²) in [5, 5.41) is 4.71. The zero-order valence-corrected chi connectivity index (χ0v) is 30.3. The van der Waals surface area contributed by atoms with Gasteiger partial charge in [0.2, 0.25) is 12.3 Å². The van der Waals surface area contributed by atoms with Crippen LogP contribution in [0.2, 0.25) is 0 Å². The Labute approximate surface area is 313 Å². The number of para-hydroxylation sites is 1. The van der Waals surface area contributed by atoms with E-state index in [2.05, 4.69) is 15.4 Å². The van der Waals surface area contributed by atoms with E-state index in [1.807, 2.05) is 0 Å². The van der Waals surface area contributed by atoms with E-state index in [1.54, 1.807) is 85.8 Å². The van der Waals surface area contributed by atoms with Gasteiger partial charge in [-0.3, -0.25) is 19.2 Å². The van der Waals surface area contributed by atoms with Gasteiger partial charge in [-0.2, -0.15) is 18.9 Å². The van der Waals surface area contributed by atoms with Crippen LogP contribution in [0.25, 0.3) is 0 Å². The van der Waals surface area contributed by atoms with Gasteiger partial charge in [0.25, 0.3) is 0 Å². The van der Waals surface area contributed by atoms with Crippen LogP contribution in [0.5, 0.6) is 5.75 Å². The highest BCUT2D eigenvalue weighted by atomic mass is 31.2. The van der Waals surface area contributed by atoms with Crippen LogP contribution in [-0.4, -0.2) is 65.7 Å². The standard InChI is InChI=1S/C36H37F2N4O12P/c1-3-27(31(43)48-2)41-55(47,54-26-17-11-6-12-18-26)51-23-28-30(53-35(46)50-22-25-15-9-5-10-16-25)36(37,38)32(52-28)42-20-19-29(39-33(42)44)40-34(45)49-21-24-13-7-4-8-14-24/h4-20,27-28,30,32H,3,21-23H2,1-2H3,(H,41,47)(H,39,40,44,45)/t27-,28+,30+,32+,55-/m0/s1. The lowest BCUT2D eigenvalue weighted by molar-refractivity contribution is -0.146. The minimum atomic E-state index is -4.62. The van der Waals surface area contributed by atoms with Crippen LogP contribution in [0.4, 0.5) is 24.2 Å². The maximum absolute atomic E-state index is 16.3. The van der Waals surface area contributed by atoms with Crippen molar-refractivity contribution in [1.29, 1.82) is 0 Å². The lowest BCUT2D eigenvalue weighted by Gasteiger charge is -2.26. The van der Waals surface area contributed by atoms with Gasteiger partial charge >= 0.3 is 37.6 Å².